The summed E-state index contributed by atoms with van der Waals surface area (Å²) >= 11 is 0. The van der Waals surface area contributed by atoms with Gasteiger partial charge in [0, 0.05) is 24.7 Å². The summed E-state index contributed by atoms with van der Waals surface area (Å²) in [5.41, 5.74) is 0.146. The summed E-state index contributed by atoms with van der Waals surface area (Å²) < 4.78 is 20.6. The summed E-state index contributed by atoms with van der Waals surface area (Å²) in [7, 11) is 4.36. The first-order valence-electron chi connectivity index (χ1n) is 8.94. The number of nitro groups is 1. The van der Waals surface area contributed by atoms with E-state index in [0.29, 0.717) is 17.2 Å². The third-order valence-corrected chi connectivity index (χ3v) is 4.71. The molecule has 2 aromatic carbocycles. The van der Waals surface area contributed by atoms with Gasteiger partial charge in [-0.25, -0.2) is 0 Å². The van der Waals surface area contributed by atoms with E-state index in [1.165, 1.54) is 44.4 Å². The van der Waals surface area contributed by atoms with E-state index in [0.717, 1.165) is 0 Å². The first-order valence-corrected chi connectivity index (χ1v) is 8.94. The van der Waals surface area contributed by atoms with Crippen LogP contribution in [0.1, 0.15) is 6.42 Å². The highest BCUT2D eigenvalue weighted by Gasteiger charge is 2.37. The monoisotopic (exact) mass is 416 g/mol. The topological polar surface area (TPSA) is 117 Å². The first-order chi connectivity index (χ1) is 14.4. The minimum Gasteiger partial charge on any atom is -0.496 e. The van der Waals surface area contributed by atoms with E-state index in [2.05, 4.69) is 0 Å². The van der Waals surface area contributed by atoms with Gasteiger partial charge in [0.2, 0.25) is 11.7 Å². The Kier molecular flexibility index (Phi) is 6.05. The van der Waals surface area contributed by atoms with Gasteiger partial charge in [0.25, 0.3) is 0 Å². The number of anilines is 1. The number of carbonyl (C=O) groups is 2. The van der Waals surface area contributed by atoms with Crippen LogP contribution >= 0.6 is 0 Å². The van der Waals surface area contributed by atoms with Crippen LogP contribution in [0, 0.1) is 16.0 Å². The molecule has 0 radical (unpaired) electrons. The van der Waals surface area contributed by atoms with Gasteiger partial charge in [0.15, 0.2) is 11.5 Å². The maximum atomic E-state index is 12.6. The normalized spacial score (nSPS) is 15.6. The van der Waals surface area contributed by atoms with E-state index >= 15 is 0 Å². The highest BCUT2D eigenvalue weighted by molar-refractivity contribution is 6.00. The van der Waals surface area contributed by atoms with Crippen molar-refractivity contribution in [2.24, 2.45) is 5.92 Å². The van der Waals surface area contributed by atoms with Crippen molar-refractivity contribution >= 4 is 23.3 Å². The molecule has 1 aliphatic heterocycles. The zero-order valence-corrected chi connectivity index (χ0v) is 16.6. The quantitative estimate of drug-likeness (QED) is 0.293. The molecule has 3 rings (SSSR count). The zero-order valence-electron chi connectivity index (χ0n) is 16.6. The average Bonchev–Trinajstić information content (AvgIpc) is 3.15. The van der Waals surface area contributed by atoms with Crippen LogP contribution in [0.15, 0.2) is 36.4 Å². The predicted molar refractivity (Wildman–Crippen MR) is 105 cm³/mol. The molecule has 0 aromatic heterocycles. The molecule has 0 spiro atoms. The minimum absolute atomic E-state index is 0.0723. The molecule has 0 bridgehead atoms. The first kappa shape index (κ1) is 20.9. The van der Waals surface area contributed by atoms with Crippen LogP contribution in [0.5, 0.6) is 23.0 Å². The molecule has 10 nitrogen and oxygen atoms in total. The van der Waals surface area contributed by atoms with Crippen molar-refractivity contribution in [2.75, 3.05) is 32.8 Å². The molecule has 1 unspecified atom stereocenters. The zero-order chi connectivity index (χ0) is 21.8. The van der Waals surface area contributed by atoms with Crippen molar-refractivity contribution in [3.05, 3.63) is 46.5 Å². The minimum atomic E-state index is -0.771. The van der Waals surface area contributed by atoms with Crippen LogP contribution in [-0.2, 0) is 9.59 Å². The summed E-state index contributed by atoms with van der Waals surface area (Å²) in [6.07, 6.45) is -0.0723. The SMILES string of the molecule is COc1ccc(OC(=O)C2CC(=O)N(c3ccc(OC)c(OC)c3)C2)c([N+](=O)[O-])c1. The summed E-state index contributed by atoms with van der Waals surface area (Å²) in [4.78, 5) is 37.1. The molecule has 0 saturated carbocycles. The summed E-state index contributed by atoms with van der Waals surface area (Å²) in [6, 6.07) is 8.88. The number of hydrogen-bond acceptors (Lipinski definition) is 8. The molecule has 0 aliphatic carbocycles. The van der Waals surface area contributed by atoms with Gasteiger partial charge < -0.3 is 23.8 Å². The van der Waals surface area contributed by atoms with Gasteiger partial charge in [-0.05, 0) is 24.3 Å². The Morgan fingerprint density at radius 3 is 2.37 bits per heavy atom. The number of benzene rings is 2. The largest absolute Gasteiger partial charge is 0.496 e. The van der Waals surface area contributed by atoms with E-state index in [1.807, 2.05) is 0 Å². The summed E-state index contributed by atoms with van der Waals surface area (Å²) in [5, 5.41) is 11.3. The molecule has 10 heteroatoms. The summed E-state index contributed by atoms with van der Waals surface area (Å²) in [6.45, 7) is 0.0805. The third-order valence-electron chi connectivity index (χ3n) is 4.71. The number of amides is 1. The number of carbonyl (C=O) groups excluding carboxylic acids is 2. The number of methoxy groups -OCH3 is 3. The Morgan fingerprint density at radius 2 is 1.73 bits per heavy atom. The van der Waals surface area contributed by atoms with Gasteiger partial charge in [-0.1, -0.05) is 0 Å². The highest BCUT2D eigenvalue weighted by atomic mass is 16.6. The molecular formula is C20H20N2O8. The van der Waals surface area contributed by atoms with Crippen molar-refractivity contribution in [3.8, 4) is 23.0 Å². The van der Waals surface area contributed by atoms with Gasteiger partial charge in [-0.2, -0.15) is 0 Å². The van der Waals surface area contributed by atoms with Crippen LogP contribution in [0.3, 0.4) is 0 Å². The Morgan fingerprint density at radius 1 is 1.03 bits per heavy atom. The van der Waals surface area contributed by atoms with Crippen LogP contribution in [0.4, 0.5) is 11.4 Å². The highest BCUT2D eigenvalue weighted by Crippen LogP contribution is 2.35. The molecule has 2 aromatic rings. The fourth-order valence-corrected chi connectivity index (χ4v) is 3.15. The molecule has 0 N–H and O–H groups in total. The number of rotatable bonds is 7. The number of hydrogen-bond donors (Lipinski definition) is 0. The molecular weight excluding hydrogens is 396 g/mol. The number of esters is 1. The Bertz CT molecular complexity index is 991. The second kappa shape index (κ2) is 8.68. The Balaban J connectivity index is 1.77. The van der Waals surface area contributed by atoms with Crippen molar-refractivity contribution < 1.29 is 33.5 Å². The van der Waals surface area contributed by atoms with Gasteiger partial charge in [0.05, 0.1) is 38.2 Å². The van der Waals surface area contributed by atoms with Gasteiger partial charge >= 0.3 is 11.7 Å². The van der Waals surface area contributed by atoms with Crippen molar-refractivity contribution in [1.82, 2.24) is 0 Å². The number of nitrogens with zero attached hydrogens (tertiary/aromatic N) is 2. The lowest BCUT2D eigenvalue weighted by molar-refractivity contribution is -0.385. The number of ether oxygens (including phenoxy) is 4. The van der Waals surface area contributed by atoms with E-state index in [9.17, 15) is 19.7 Å². The Hall–Kier alpha value is -3.82. The molecule has 1 atom stereocenters. The van der Waals surface area contributed by atoms with Gasteiger partial charge in [-0.3, -0.25) is 19.7 Å². The van der Waals surface area contributed by atoms with E-state index in [1.54, 1.807) is 18.2 Å². The maximum absolute atomic E-state index is 12.6. The lowest BCUT2D eigenvalue weighted by Crippen LogP contribution is -2.27. The van der Waals surface area contributed by atoms with E-state index in [4.69, 9.17) is 18.9 Å². The molecule has 1 aliphatic rings. The molecule has 1 amide bonds. The number of nitro benzene ring substituents is 1. The molecule has 1 saturated heterocycles. The van der Waals surface area contributed by atoms with Crippen molar-refractivity contribution in [3.63, 3.8) is 0 Å². The fourth-order valence-electron chi connectivity index (χ4n) is 3.15. The second-order valence-electron chi connectivity index (χ2n) is 6.46. The fraction of sp³-hybridized carbons (Fsp3) is 0.300. The molecule has 158 valence electrons. The standard InChI is InChI=1S/C20H20N2O8/c1-27-14-5-7-16(15(10-14)22(25)26)30-20(24)12-8-19(23)21(11-12)13-4-6-17(28-2)18(9-13)29-3/h4-7,9-10,12H,8,11H2,1-3H3. The molecule has 1 heterocycles. The van der Waals surface area contributed by atoms with Crippen LogP contribution < -0.4 is 23.8 Å². The van der Waals surface area contributed by atoms with E-state index in [-0.39, 0.29) is 30.4 Å². The third kappa shape index (κ3) is 4.12. The lowest BCUT2D eigenvalue weighted by atomic mass is 10.1. The molecule has 1 fully saturated rings. The average molecular weight is 416 g/mol. The lowest BCUT2D eigenvalue weighted by Gasteiger charge is -2.18. The smallest absolute Gasteiger partial charge is 0.316 e. The van der Waals surface area contributed by atoms with E-state index < -0.39 is 22.5 Å². The second-order valence-corrected chi connectivity index (χ2v) is 6.46. The van der Waals surface area contributed by atoms with Crippen LogP contribution in [0.2, 0.25) is 0 Å². The summed E-state index contributed by atoms with van der Waals surface area (Å²) in [5.74, 6) is -0.751. The maximum Gasteiger partial charge on any atom is 0.316 e. The Labute approximate surface area is 172 Å². The van der Waals surface area contributed by atoms with Crippen LogP contribution in [0.25, 0.3) is 0 Å². The van der Waals surface area contributed by atoms with Crippen molar-refractivity contribution in [1.29, 1.82) is 0 Å². The van der Waals surface area contributed by atoms with Gasteiger partial charge in [0.1, 0.15) is 5.75 Å². The molecule has 30 heavy (non-hydrogen) atoms. The van der Waals surface area contributed by atoms with Crippen LogP contribution in [-0.4, -0.2) is 44.7 Å². The van der Waals surface area contributed by atoms with Gasteiger partial charge in [-0.15, -0.1) is 0 Å². The van der Waals surface area contributed by atoms with Crippen molar-refractivity contribution in [2.45, 2.75) is 6.42 Å². The predicted octanol–water partition coefficient (Wildman–Crippen LogP) is 2.58.